The molecule has 140 valence electrons. The van der Waals surface area contributed by atoms with Gasteiger partial charge in [-0.25, -0.2) is 12.7 Å². The van der Waals surface area contributed by atoms with Gasteiger partial charge in [0.1, 0.15) is 10.6 Å². The number of nitrogens with one attached hydrogen (secondary N) is 1. The number of thiophene rings is 1. The number of benzene rings is 1. The summed E-state index contributed by atoms with van der Waals surface area (Å²) in [6.45, 7) is 3.45. The molecule has 0 spiro atoms. The second kappa shape index (κ2) is 8.20. The second-order valence-corrected chi connectivity index (χ2v) is 9.07. The fraction of sp³-hybridized carbons (Fsp3) is 0.389. The van der Waals surface area contributed by atoms with Crippen molar-refractivity contribution in [2.24, 2.45) is 0 Å². The molecule has 3 rings (SSSR count). The minimum atomic E-state index is -3.14. The maximum atomic E-state index is 12.6. The predicted molar refractivity (Wildman–Crippen MR) is 103 cm³/mol. The van der Waals surface area contributed by atoms with Gasteiger partial charge in [0, 0.05) is 24.5 Å². The summed E-state index contributed by atoms with van der Waals surface area (Å²) in [5.41, 5.74) is 1.03. The second-order valence-electron chi connectivity index (χ2n) is 5.93. The maximum absolute atomic E-state index is 12.6. The zero-order valence-corrected chi connectivity index (χ0v) is 16.2. The summed E-state index contributed by atoms with van der Waals surface area (Å²) in [7, 11) is -3.14. The third-order valence-electron chi connectivity index (χ3n) is 4.11. The van der Waals surface area contributed by atoms with Crippen LogP contribution in [-0.2, 0) is 10.0 Å². The average Bonchev–Trinajstić information content (AvgIpc) is 3.19. The predicted octanol–water partition coefficient (Wildman–Crippen LogP) is 2.58. The van der Waals surface area contributed by atoms with Crippen molar-refractivity contribution in [3.63, 3.8) is 0 Å². The number of nitrogens with zero attached hydrogens (tertiary/aromatic N) is 1. The smallest absolute Gasteiger partial charge is 0.265 e. The molecule has 0 atom stereocenters. The first kappa shape index (κ1) is 18.9. The molecule has 1 fully saturated rings. The van der Waals surface area contributed by atoms with Crippen molar-refractivity contribution in [2.75, 3.05) is 32.0 Å². The van der Waals surface area contributed by atoms with E-state index in [2.05, 4.69) is 5.32 Å². The molecule has 26 heavy (non-hydrogen) atoms. The van der Waals surface area contributed by atoms with Gasteiger partial charge >= 0.3 is 0 Å². The molecular formula is C18H22N2O4S2. The SMILES string of the molecule is CCOc1cc(-c2ccccc2)sc1C(=O)NCCN1CCCS1(=O)=O. The Morgan fingerprint density at radius 2 is 2.08 bits per heavy atom. The first-order valence-corrected chi connectivity index (χ1v) is 11.0. The monoisotopic (exact) mass is 394 g/mol. The Hall–Kier alpha value is -1.90. The number of sulfonamides is 1. The lowest BCUT2D eigenvalue weighted by Gasteiger charge is -2.14. The van der Waals surface area contributed by atoms with Crippen LogP contribution >= 0.6 is 11.3 Å². The molecule has 1 aromatic heterocycles. The molecule has 0 radical (unpaired) electrons. The number of carbonyl (C=O) groups excluding carboxylic acids is 1. The highest BCUT2D eigenvalue weighted by Crippen LogP contribution is 2.36. The molecule has 2 heterocycles. The van der Waals surface area contributed by atoms with Gasteiger partial charge in [0.25, 0.3) is 5.91 Å². The van der Waals surface area contributed by atoms with Crippen molar-refractivity contribution in [3.8, 4) is 16.2 Å². The number of hydrogen-bond donors (Lipinski definition) is 1. The minimum Gasteiger partial charge on any atom is -0.492 e. The van der Waals surface area contributed by atoms with Crippen molar-refractivity contribution in [2.45, 2.75) is 13.3 Å². The topological polar surface area (TPSA) is 75.7 Å². The number of carbonyl (C=O) groups is 1. The maximum Gasteiger partial charge on any atom is 0.265 e. The molecule has 2 aromatic rings. The zero-order chi connectivity index (χ0) is 18.6. The van der Waals surface area contributed by atoms with Crippen molar-refractivity contribution >= 4 is 27.3 Å². The third kappa shape index (κ3) is 4.25. The lowest BCUT2D eigenvalue weighted by Crippen LogP contribution is -2.35. The van der Waals surface area contributed by atoms with Gasteiger partial charge in [-0.15, -0.1) is 11.3 Å². The average molecular weight is 395 g/mol. The Labute approximate surface area is 157 Å². The molecule has 1 N–H and O–H groups in total. The fourth-order valence-corrected chi connectivity index (χ4v) is 5.41. The van der Waals surface area contributed by atoms with Crippen molar-refractivity contribution in [1.82, 2.24) is 9.62 Å². The Kier molecular flexibility index (Phi) is 5.95. The van der Waals surface area contributed by atoms with Crippen LogP contribution in [0.2, 0.25) is 0 Å². The third-order valence-corrected chi connectivity index (χ3v) is 7.23. The largest absolute Gasteiger partial charge is 0.492 e. The van der Waals surface area contributed by atoms with Gasteiger partial charge in [-0.3, -0.25) is 4.79 Å². The summed E-state index contributed by atoms with van der Waals surface area (Å²) >= 11 is 1.37. The molecular weight excluding hydrogens is 372 g/mol. The Morgan fingerprint density at radius 3 is 2.73 bits per heavy atom. The van der Waals surface area contributed by atoms with Crippen LogP contribution in [-0.4, -0.2) is 50.6 Å². The molecule has 1 amide bonds. The molecule has 0 saturated carbocycles. The van der Waals surface area contributed by atoms with Crippen molar-refractivity contribution in [3.05, 3.63) is 41.3 Å². The molecule has 1 saturated heterocycles. The summed E-state index contributed by atoms with van der Waals surface area (Å²) in [4.78, 5) is 14.0. The molecule has 1 aliphatic heterocycles. The molecule has 8 heteroatoms. The molecule has 0 unspecified atom stereocenters. The highest BCUT2D eigenvalue weighted by Gasteiger charge is 2.27. The van der Waals surface area contributed by atoms with Gasteiger partial charge in [-0.2, -0.15) is 0 Å². The van der Waals surface area contributed by atoms with E-state index in [0.29, 0.717) is 36.7 Å². The van der Waals surface area contributed by atoms with Crippen LogP contribution in [0.5, 0.6) is 5.75 Å². The molecule has 0 aliphatic carbocycles. The quantitative estimate of drug-likeness (QED) is 0.783. The first-order valence-electron chi connectivity index (χ1n) is 8.59. The van der Waals surface area contributed by atoms with Crippen LogP contribution in [0, 0.1) is 0 Å². The van der Waals surface area contributed by atoms with Crippen LogP contribution in [0.3, 0.4) is 0 Å². The summed E-state index contributed by atoms with van der Waals surface area (Å²) in [5.74, 6) is 0.515. The van der Waals surface area contributed by atoms with Crippen LogP contribution in [0.25, 0.3) is 10.4 Å². The Morgan fingerprint density at radius 1 is 1.31 bits per heavy atom. The fourth-order valence-electron chi connectivity index (χ4n) is 2.86. The van der Waals surface area contributed by atoms with Gasteiger partial charge in [-0.05, 0) is 25.0 Å². The Balaban J connectivity index is 1.69. The van der Waals surface area contributed by atoms with Crippen molar-refractivity contribution in [1.29, 1.82) is 0 Å². The Bertz CT molecular complexity index is 863. The molecule has 1 aromatic carbocycles. The van der Waals surface area contributed by atoms with E-state index in [-0.39, 0.29) is 18.2 Å². The normalized spacial score (nSPS) is 16.5. The standard InChI is InChI=1S/C18H22N2O4S2/c1-2-24-15-13-16(14-7-4-3-5-8-14)25-17(15)18(21)19-9-11-20-10-6-12-26(20,22)23/h3-5,7-8,13H,2,6,9-12H2,1H3,(H,19,21). The van der Waals surface area contributed by atoms with Gasteiger partial charge in [0.2, 0.25) is 10.0 Å². The van der Waals surface area contributed by atoms with E-state index in [1.807, 2.05) is 43.3 Å². The highest BCUT2D eigenvalue weighted by molar-refractivity contribution is 7.89. The highest BCUT2D eigenvalue weighted by atomic mass is 32.2. The summed E-state index contributed by atoms with van der Waals surface area (Å²) < 4.78 is 30.7. The van der Waals surface area contributed by atoms with Gasteiger partial charge in [0.05, 0.1) is 12.4 Å². The van der Waals surface area contributed by atoms with E-state index >= 15 is 0 Å². The minimum absolute atomic E-state index is 0.195. The van der Waals surface area contributed by atoms with Crippen LogP contribution in [0.1, 0.15) is 23.0 Å². The molecule has 1 aliphatic rings. The van der Waals surface area contributed by atoms with E-state index < -0.39 is 10.0 Å². The van der Waals surface area contributed by atoms with Gasteiger partial charge in [0.15, 0.2) is 0 Å². The molecule has 6 nitrogen and oxygen atoms in total. The van der Waals surface area contributed by atoms with Crippen molar-refractivity contribution < 1.29 is 17.9 Å². The molecule has 0 bridgehead atoms. The summed E-state index contributed by atoms with van der Waals surface area (Å²) in [6, 6.07) is 11.7. The lowest BCUT2D eigenvalue weighted by atomic mass is 10.2. The zero-order valence-electron chi connectivity index (χ0n) is 14.6. The summed E-state index contributed by atoms with van der Waals surface area (Å²) in [5, 5.41) is 2.81. The summed E-state index contributed by atoms with van der Waals surface area (Å²) in [6.07, 6.45) is 0.649. The number of rotatable bonds is 7. The first-order chi connectivity index (χ1) is 12.5. The van der Waals surface area contributed by atoms with Crippen LogP contribution < -0.4 is 10.1 Å². The van der Waals surface area contributed by atoms with Gasteiger partial charge < -0.3 is 10.1 Å². The van der Waals surface area contributed by atoms with E-state index in [4.69, 9.17) is 4.74 Å². The number of hydrogen-bond acceptors (Lipinski definition) is 5. The van der Waals surface area contributed by atoms with Crippen LogP contribution in [0.15, 0.2) is 36.4 Å². The van der Waals surface area contributed by atoms with E-state index in [0.717, 1.165) is 10.4 Å². The lowest BCUT2D eigenvalue weighted by molar-refractivity contribution is 0.0952. The number of ether oxygens (including phenoxy) is 1. The van der Waals surface area contributed by atoms with E-state index in [1.165, 1.54) is 15.6 Å². The van der Waals surface area contributed by atoms with E-state index in [9.17, 15) is 13.2 Å². The van der Waals surface area contributed by atoms with Crippen LogP contribution in [0.4, 0.5) is 0 Å². The number of amides is 1. The van der Waals surface area contributed by atoms with Gasteiger partial charge in [-0.1, -0.05) is 30.3 Å². The van der Waals surface area contributed by atoms with E-state index in [1.54, 1.807) is 0 Å².